The van der Waals surface area contributed by atoms with Crippen LogP contribution < -0.4 is 19.5 Å². The van der Waals surface area contributed by atoms with Gasteiger partial charge in [0, 0.05) is 25.2 Å². The summed E-state index contributed by atoms with van der Waals surface area (Å²) in [6.07, 6.45) is 1.72. The number of benzene rings is 3. The average molecular weight is 535 g/mol. The molecule has 0 spiro atoms. The van der Waals surface area contributed by atoms with Gasteiger partial charge < -0.3 is 29.5 Å². The first-order valence-electron chi connectivity index (χ1n) is 13.3. The van der Waals surface area contributed by atoms with Crippen LogP contribution in [0.2, 0.25) is 0 Å². The molecule has 3 aromatic carbocycles. The van der Waals surface area contributed by atoms with E-state index in [0.717, 1.165) is 17.7 Å². The zero-order valence-corrected chi connectivity index (χ0v) is 22.9. The molecule has 208 valence electrons. The number of amides is 2. The van der Waals surface area contributed by atoms with Crippen LogP contribution in [-0.4, -0.2) is 53.9 Å². The Balaban J connectivity index is 1.47. The van der Waals surface area contributed by atoms with Gasteiger partial charge in [0.05, 0.1) is 13.2 Å². The highest BCUT2D eigenvalue weighted by molar-refractivity contribution is 5.89. The highest BCUT2D eigenvalue weighted by Gasteiger charge is 2.36. The number of aliphatic carboxylic acids is 1. The first-order valence-corrected chi connectivity index (χ1v) is 13.3. The number of ether oxygens (including phenoxy) is 3. The first kappa shape index (κ1) is 29.4. The smallest absolute Gasteiger partial charge is 0.348 e. The third kappa shape index (κ3) is 9.25. The summed E-state index contributed by atoms with van der Waals surface area (Å²) in [5.41, 5.74) is 0.135. The highest BCUT2D eigenvalue weighted by Crippen LogP contribution is 2.24. The number of anilines is 1. The Kier molecular flexibility index (Phi) is 11.0. The van der Waals surface area contributed by atoms with Crippen LogP contribution in [-0.2, 0) is 11.2 Å². The van der Waals surface area contributed by atoms with Gasteiger partial charge in [-0.25, -0.2) is 9.59 Å². The van der Waals surface area contributed by atoms with Gasteiger partial charge in [0.2, 0.25) is 5.60 Å². The van der Waals surface area contributed by atoms with E-state index in [1.807, 2.05) is 68.4 Å². The number of rotatable bonds is 15. The molecule has 0 heterocycles. The van der Waals surface area contributed by atoms with Gasteiger partial charge in [-0.3, -0.25) is 0 Å². The Morgan fingerprint density at radius 3 is 2.10 bits per heavy atom. The minimum atomic E-state index is -1.40. The van der Waals surface area contributed by atoms with Crippen LogP contribution in [0.3, 0.4) is 0 Å². The van der Waals surface area contributed by atoms with Gasteiger partial charge in [-0.1, -0.05) is 37.3 Å². The predicted octanol–water partition coefficient (Wildman–Crippen LogP) is 6.26. The Hall–Kier alpha value is -4.20. The van der Waals surface area contributed by atoms with E-state index in [1.165, 1.54) is 0 Å². The van der Waals surface area contributed by atoms with Gasteiger partial charge in [0.25, 0.3) is 0 Å². The third-order valence-electron chi connectivity index (χ3n) is 6.04. The van der Waals surface area contributed by atoms with Crippen LogP contribution in [0.5, 0.6) is 17.2 Å². The Labute approximate surface area is 230 Å². The molecular weight excluding hydrogens is 496 g/mol. The number of carbonyl (C=O) groups is 2. The van der Waals surface area contributed by atoms with E-state index in [9.17, 15) is 14.7 Å². The first-order chi connectivity index (χ1) is 18.8. The number of hydrogen-bond donors (Lipinski definition) is 2. The lowest BCUT2D eigenvalue weighted by Gasteiger charge is -2.26. The van der Waals surface area contributed by atoms with Crippen molar-refractivity contribution in [1.29, 1.82) is 0 Å². The summed E-state index contributed by atoms with van der Waals surface area (Å²) in [5, 5.41) is 12.7. The molecule has 0 saturated carbocycles. The molecule has 8 nitrogen and oxygen atoms in total. The molecule has 0 bridgehead atoms. The molecule has 0 radical (unpaired) electrons. The predicted molar refractivity (Wildman–Crippen MR) is 152 cm³/mol. The SMILES string of the molecule is CCCN(CCCOc1ccc(C[C@](C)(Oc2ccccc2)C(=O)O)cc1)C(=O)Nc1ccc(OCC)cc1. The number of para-hydroxylation sites is 1. The van der Waals surface area contributed by atoms with E-state index in [4.69, 9.17) is 14.2 Å². The Morgan fingerprint density at radius 1 is 0.846 bits per heavy atom. The van der Waals surface area contributed by atoms with Gasteiger partial charge in [-0.2, -0.15) is 0 Å². The highest BCUT2D eigenvalue weighted by atomic mass is 16.5. The number of nitrogens with one attached hydrogen (secondary N) is 1. The van der Waals surface area contributed by atoms with Crippen molar-refractivity contribution in [2.75, 3.05) is 31.6 Å². The summed E-state index contributed by atoms with van der Waals surface area (Å²) < 4.78 is 17.1. The van der Waals surface area contributed by atoms with E-state index in [-0.39, 0.29) is 12.5 Å². The summed E-state index contributed by atoms with van der Waals surface area (Å²) in [5.74, 6) is 0.922. The quantitative estimate of drug-likeness (QED) is 0.223. The fraction of sp³-hybridized carbons (Fsp3) is 0.355. The maximum absolute atomic E-state index is 12.8. The van der Waals surface area contributed by atoms with Crippen molar-refractivity contribution in [2.45, 2.75) is 45.6 Å². The van der Waals surface area contributed by atoms with Gasteiger partial charge in [0.15, 0.2) is 0 Å². The molecular formula is C31H38N2O6. The number of carbonyl (C=O) groups excluding carboxylic acids is 1. The normalized spacial score (nSPS) is 12.2. The number of hydrogen-bond acceptors (Lipinski definition) is 5. The standard InChI is InChI=1S/C31H38N2O6/c1-4-20-33(30(36)32-25-14-18-26(19-15-25)37-5-2)21-9-22-38-27-16-12-24(13-17-27)23-31(3,29(34)35)39-28-10-7-6-8-11-28/h6-8,10-19H,4-5,9,20-23H2,1-3H3,(H,32,36)(H,34,35)/t31-/m0/s1. The van der Waals surface area contributed by atoms with E-state index in [0.29, 0.717) is 49.9 Å². The summed E-state index contributed by atoms with van der Waals surface area (Å²) in [4.78, 5) is 26.5. The molecule has 3 aromatic rings. The van der Waals surface area contributed by atoms with E-state index < -0.39 is 11.6 Å². The summed E-state index contributed by atoms with van der Waals surface area (Å²) >= 11 is 0. The molecule has 2 N–H and O–H groups in total. The monoisotopic (exact) mass is 534 g/mol. The third-order valence-corrected chi connectivity index (χ3v) is 6.04. The second-order valence-corrected chi connectivity index (χ2v) is 9.35. The molecule has 39 heavy (non-hydrogen) atoms. The van der Waals surface area contributed by atoms with E-state index in [2.05, 4.69) is 5.32 Å². The number of carboxylic acids is 1. The van der Waals surface area contributed by atoms with Crippen molar-refractivity contribution >= 4 is 17.7 Å². The lowest BCUT2D eigenvalue weighted by atomic mass is 9.96. The minimum absolute atomic E-state index is 0.149. The van der Waals surface area contributed by atoms with E-state index in [1.54, 1.807) is 36.1 Å². The van der Waals surface area contributed by atoms with Crippen LogP contribution in [0.25, 0.3) is 0 Å². The fourth-order valence-electron chi connectivity index (χ4n) is 4.03. The van der Waals surface area contributed by atoms with Crippen molar-refractivity contribution in [1.82, 2.24) is 4.90 Å². The van der Waals surface area contributed by atoms with Crippen molar-refractivity contribution in [2.24, 2.45) is 0 Å². The molecule has 0 unspecified atom stereocenters. The molecule has 2 amide bonds. The maximum Gasteiger partial charge on any atom is 0.348 e. The summed E-state index contributed by atoms with van der Waals surface area (Å²) in [6.45, 7) is 7.77. The van der Waals surface area contributed by atoms with Crippen molar-refractivity contribution < 1.29 is 28.9 Å². The van der Waals surface area contributed by atoms with Crippen LogP contribution in [0.1, 0.15) is 39.2 Å². The lowest BCUT2D eigenvalue weighted by Crippen LogP contribution is -2.43. The fourth-order valence-corrected chi connectivity index (χ4v) is 4.03. The zero-order chi connectivity index (χ0) is 28.1. The average Bonchev–Trinajstić information content (AvgIpc) is 2.93. The molecule has 1 atom stereocenters. The largest absolute Gasteiger partial charge is 0.494 e. The van der Waals surface area contributed by atoms with Crippen LogP contribution in [0, 0.1) is 0 Å². The molecule has 0 aliphatic carbocycles. The second kappa shape index (κ2) is 14.7. The summed E-state index contributed by atoms with van der Waals surface area (Å²) in [7, 11) is 0. The van der Waals surface area contributed by atoms with Gasteiger partial charge in [-0.15, -0.1) is 0 Å². The minimum Gasteiger partial charge on any atom is -0.494 e. The van der Waals surface area contributed by atoms with Crippen LogP contribution in [0.4, 0.5) is 10.5 Å². The molecule has 0 saturated heterocycles. The summed E-state index contributed by atoms with van der Waals surface area (Å²) in [6, 6.07) is 23.4. The van der Waals surface area contributed by atoms with Crippen LogP contribution >= 0.6 is 0 Å². The molecule has 3 rings (SSSR count). The number of urea groups is 1. The molecule has 0 aliphatic heterocycles. The van der Waals surface area contributed by atoms with Crippen LogP contribution in [0.15, 0.2) is 78.9 Å². The molecule has 0 aliphatic rings. The zero-order valence-electron chi connectivity index (χ0n) is 22.9. The number of nitrogens with zero attached hydrogens (tertiary/aromatic N) is 1. The van der Waals surface area contributed by atoms with Gasteiger partial charge in [0.1, 0.15) is 17.2 Å². The lowest BCUT2D eigenvalue weighted by molar-refractivity contribution is -0.153. The van der Waals surface area contributed by atoms with Gasteiger partial charge >= 0.3 is 12.0 Å². The maximum atomic E-state index is 12.8. The van der Waals surface area contributed by atoms with Crippen molar-refractivity contribution in [3.63, 3.8) is 0 Å². The molecule has 0 aromatic heterocycles. The van der Waals surface area contributed by atoms with Crippen molar-refractivity contribution in [3.05, 3.63) is 84.4 Å². The number of carboxylic acid groups (broad SMARTS) is 1. The van der Waals surface area contributed by atoms with E-state index >= 15 is 0 Å². The Morgan fingerprint density at radius 2 is 1.49 bits per heavy atom. The topological polar surface area (TPSA) is 97.3 Å². The molecule has 0 fully saturated rings. The van der Waals surface area contributed by atoms with Gasteiger partial charge in [-0.05, 0) is 80.8 Å². The van der Waals surface area contributed by atoms with Crippen molar-refractivity contribution in [3.8, 4) is 17.2 Å². The molecule has 8 heteroatoms. The Bertz CT molecular complexity index is 1170. The second-order valence-electron chi connectivity index (χ2n) is 9.35.